The molecule has 2 unspecified atom stereocenters. The summed E-state index contributed by atoms with van der Waals surface area (Å²) in [5.41, 5.74) is 0.00394. The second kappa shape index (κ2) is 9.44. The van der Waals surface area contributed by atoms with E-state index >= 15 is 0 Å². The van der Waals surface area contributed by atoms with E-state index in [0.29, 0.717) is 12.8 Å². The Balaban J connectivity index is 2.11. The molecule has 0 radical (unpaired) electrons. The average Bonchev–Trinajstić information content (AvgIpc) is 3.05. The number of ether oxygens (including phenoxy) is 1. The molecule has 1 aliphatic rings. The third kappa shape index (κ3) is 5.58. The fraction of sp³-hybridized carbons (Fsp3) is 0.579. The van der Waals surface area contributed by atoms with Crippen LogP contribution in [0.5, 0.6) is 0 Å². The predicted octanol–water partition coefficient (Wildman–Crippen LogP) is 0.908. The largest absolute Gasteiger partial charge is 0.452 e. The molecule has 1 fully saturated rings. The number of nitrogens with zero attached hydrogens (tertiary/aromatic N) is 2. The summed E-state index contributed by atoms with van der Waals surface area (Å²) in [7, 11) is -4.14. The lowest BCUT2D eigenvalue weighted by Gasteiger charge is -2.33. The number of esters is 1. The fourth-order valence-corrected chi connectivity index (χ4v) is 5.94. The lowest BCUT2D eigenvalue weighted by molar-refractivity contribution is -0.138. The van der Waals surface area contributed by atoms with Crippen molar-refractivity contribution in [2.45, 2.75) is 43.7 Å². The summed E-state index contributed by atoms with van der Waals surface area (Å²) >= 11 is 0. The molecule has 1 saturated heterocycles. The quantitative estimate of drug-likeness (QED) is 0.529. The van der Waals surface area contributed by atoms with Gasteiger partial charge >= 0.3 is 5.97 Å². The molecule has 1 heterocycles. The van der Waals surface area contributed by atoms with Gasteiger partial charge in [0.2, 0.25) is 10.0 Å². The molecule has 0 bridgehead atoms. The summed E-state index contributed by atoms with van der Waals surface area (Å²) in [4.78, 5) is 26.6. The molecular weight excluding hydrogens is 432 g/mol. The average molecular weight is 461 g/mol. The highest BCUT2D eigenvalue weighted by Gasteiger charge is 2.36. The molecule has 1 amide bonds. The minimum Gasteiger partial charge on any atom is -0.452 e. The first-order chi connectivity index (χ1) is 13.9. The van der Waals surface area contributed by atoms with Gasteiger partial charge in [-0.2, -0.15) is 0 Å². The Labute approximate surface area is 178 Å². The highest BCUT2D eigenvalue weighted by atomic mass is 32.2. The van der Waals surface area contributed by atoms with Crippen molar-refractivity contribution in [3.63, 3.8) is 0 Å². The van der Waals surface area contributed by atoms with Crippen LogP contribution in [-0.2, 0) is 29.4 Å². The standard InChI is InChI=1S/C19H28N2O7S2/c1-5-14(2)21(16-9-10-29(24,25)13-16)18(22)12-28-19(23)15-7-6-8-17(11-15)30(26,27)20(3)4/h6-8,11,14,16H,5,9-10,12-13H2,1-4H3. The van der Waals surface area contributed by atoms with Crippen LogP contribution in [0.25, 0.3) is 0 Å². The Morgan fingerprint density at radius 2 is 1.93 bits per heavy atom. The lowest BCUT2D eigenvalue weighted by Crippen LogP contribution is -2.48. The number of amides is 1. The van der Waals surface area contributed by atoms with Gasteiger partial charge in [0.05, 0.1) is 22.0 Å². The van der Waals surface area contributed by atoms with Gasteiger partial charge in [-0.15, -0.1) is 0 Å². The first-order valence-electron chi connectivity index (χ1n) is 9.60. The van der Waals surface area contributed by atoms with E-state index in [4.69, 9.17) is 4.74 Å². The molecular formula is C19H28N2O7S2. The van der Waals surface area contributed by atoms with E-state index in [1.807, 2.05) is 13.8 Å². The van der Waals surface area contributed by atoms with Crippen LogP contribution >= 0.6 is 0 Å². The number of carbonyl (C=O) groups is 2. The van der Waals surface area contributed by atoms with E-state index in [9.17, 15) is 26.4 Å². The molecule has 0 N–H and O–H groups in total. The van der Waals surface area contributed by atoms with Crippen molar-refractivity contribution in [2.75, 3.05) is 32.2 Å². The minimum absolute atomic E-state index is 0.00394. The van der Waals surface area contributed by atoms with Crippen LogP contribution in [0.4, 0.5) is 0 Å². The van der Waals surface area contributed by atoms with Gasteiger partial charge < -0.3 is 9.64 Å². The number of sulfone groups is 1. The SMILES string of the molecule is CCC(C)N(C(=O)COC(=O)c1cccc(S(=O)(=O)N(C)C)c1)C1CCS(=O)(=O)C1. The van der Waals surface area contributed by atoms with E-state index in [-0.39, 0.29) is 28.0 Å². The van der Waals surface area contributed by atoms with Crippen molar-refractivity contribution < 1.29 is 31.2 Å². The van der Waals surface area contributed by atoms with Gasteiger partial charge in [-0.05, 0) is 38.0 Å². The van der Waals surface area contributed by atoms with E-state index in [0.717, 1.165) is 4.31 Å². The third-order valence-electron chi connectivity index (χ3n) is 5.13. The van der Waals surface area contributed by atoms with E-state index < -0.39 is 44.4 Å². The van der Waals surface area contributed by atoms with Gasteiger partial charge in [-0.1, -0.05) is 13.0 Å². The maximum Gasteiger partial charge on any atom is 0.338 e. The predicted molar refractivity (Wildman–Crippen MR) is 111 cm³/mol. The maximum absolute atomic E-state index is 12.7. The first-order valence-corrected chi connectivity index (χ1v) is 12.9. The van der Waals surface area contributed by atoms with Crippen molar-refractivity contribution in [3.05, 3.63) is 29.8 Å². The molecule has 1 aromatic carbocycles. The number of sulfonamides is 1. The summed E-state index contributed by atoms with van der Waals surface area (Å²) in [6, 6.07) is 4.73. The summed E-state index contributed by atoms with van der Waals surface area (Å²) in [5, 5.41) is 0. The van der Waals surface area contributed by atoms with Crippen LogP contribution in [0, 0.1) is 0 Å². The molecule has 2 rings (SSSR count). The molecule has 30 heavy (non-hydrogen) atoms. The van der Waals surface area contributed by atoms with Gasteiger partial charge in [0.15, 0.2) is 16.4 Å². The zero-order valence-electron chi connectivity index (χ0n) is 17.6. The molecule has 1 aliphatic heterocycles. The van der Waals surface area contributed by atoms with E-state index in [2.05, 4.69) is 0 Å². The molecule has 2 atom stereocenters. The molecule has 0 spiro atoms. The molecule has 11 heteroatoms. The topological polar surface area (TPSA) is 118 Å². The van der Waals surface area contributed by atoms with Gasteiger partial charge in [0.25, 0.3) is 5.91 Å². The van der Waals surface area contributed by atoms with Crippen LogP contribution < -0.4 is 0 Å². The normalized spacial score (nSPS) is 19.4. The summed E-state index contributed by atoms with van der Waals surface area (Å²) in [5.74, 6) is -1.37. The maximum atomic E-state index is 12.7. The minimum atomic E-state index is -3.72. The number of rotatable bonds is 8. The Morgan fingerprint density at radius 1 is 1.27 bits per heavy atom. The van der Waals surface area contributed by atoms with Gasteiger partial charge in [0.1, 0.15) is 0 Å². The zero-order valence-corrected chi connectivity index (χ0v) is 19.2. The Morgan fingerprint density at radius 3 is 2.47 bits per heavy atom. The van der Waals surface area contributed by atoms with Crippen molar-refractivity contribution in [1.29, 1.82) is 0 Å². The number of hydrogen-bond donors (Lipinski definition) is 0. The summed E-state index contributed by atoms with van der Waals surface area (Å²) < 4.78 is 54.2. The van der Waals surface area contributed by atoms with Crippen LogP contribution in [0.15, 0.2) is 29.2 Å². The van der Waals surface area contributed by atoms with Crippen molar-refractivity contribution >= 4 is 31.7 Å². The highest BCUT2D eigenvalue weighted by Crippen LogP contribution is 2.22. The molecule has 9 nitrogen and oxygen atoms in total. The summed E-state index contributed by atoms with van der Waals surface area (Å²) in [6.45, 7) is 3.15. The molecule has 168 valence electrons. The Bertz CT molecular complexity index is 1000. The zero-order chi connectivity index (χ0) is 22.7. The fourth-order valence-electron chi connectivity index (χ4n) is 3.28. The smallest absolute Gasteiger partial charge is 0.338 e. The molecule has 0 aromatic heterocycles. The van der Waals surface area contributed by atoms with Gasteiger partial charge in [0, 0.05) is 26.2 Å². The number of hydrogen-bond acceptors (Lipinski definition) is 7. The summed E-state index contributed by atoms with van der Waals surface area (Å²) in [6.07, 6.45) is 0.984. The van der Waals surface area contributed by atoms with Crippen LogP contribution in [0.2, 0.25) is 0 Å². The van der Waals surface area contributed by atoms with E-state index in [1.165, 1.54) is 43.3 Å². The van der Waals surface area contributed by atoms with Crippen LogP contribution in [-0.4, -0.2) is 82.2 Å². The van der Waals surface area contributed by atoms with Crippen LogP contribution in [0.1, 0.15) is 37.0 Å². The second-order valence-corrected chi connectivity index (χ2v) is 11.9. The van der Waals surface area contributed by atoms with Crippen molar-refractivity contribution in [1.82, 2.24) is 9.21 Å². The lowest BCUT2D eigenvalue weighted by atomic mass is 10.1. The second-order valence-electron chi connectivity index (χ2n) is 7.51. The number of carbonyl (C=O) groups excluding carboxylic acids is 2. The Kier molecular flexibility index (Phi) is 7.64. The molecule has 1 aromatic rings. The Hall–Kier alpha value is -1.98. The van der Waals surface area contributed by atoms with Crippen molar-refractivity contribution in [3.8, 4) is 0 Å². The van der Waals surface area contributed by atoms with Crippen LogP contribution in [0.3, 0.4) is 0 Å². The third-order valence-corrected chi connectivity index (χ3v) is 8.69. The van der Waals surface area contributed by atoms with E-state index in [1.54, 1.807) is 0 Å². The highest BCUT2D eigenvalue weighted by molar-refractivity contribution is 7.91. The van der Waals surface area contributed by atoms with Crippen molar-refractivity contribution in [2.24, 2.45) is 0 Å². The van der Waals surface area contributed by atoms with Gasteiger partial charge in [-0.3, -0.25) is 4.79 Å². The molecule has 0 aliphatic carbocycles. The molecule has 0 saturated carbocycles. The van der Waals surface area contributed by atoms with Gasteiger partial charge in [-0.25, -0.2) is 25.9 Å². The number of benzene rings is 1. The first kappa shape index (κ1) is 24.3. The monoisotopic (exact) mass is 460 g/mol.